The topological polar surface area (TPSA) is 57.6 Å². The predicted octanol–water partition coefficient (Wildman–Crippen LogP) is 2.19. The summed E-state index contributed by atoms with van der Waals surface area (Å²) in [5.41, 5.74) is 0. The summed E-state index contributed by atoms with van der Waals surface area (Å²) in [5.74, 6) is 0. The molecule has 4 nitrogen and oxygen atoms in total. The maximum Gasteiger partial charge on any atom is 0.243 e. The van der Waals surface area contributed by atoms with E-state index in [0.717, 1.165) is 25.7 Å². The molecular formula is C12H19NO3S2. The fourth-order valence-corrected chi connectivity index (χ4v) is 4.92. The standard InChI is InChI=1S/C12H19NO3S2/c1-13(10-5-3-2-4-6-10)18(15,16)12-7-11(8-14)17-9-12/h7,9-10,14H,2-6,8H2,1H3. The molecule has 6 heteroatoms. The highest BCUT2D eigenvalue weighted by atomic mass is 32.2. The molecule has 0 atom stereocenters. The van der Waals surface area contributed by atoms with Crippen molar-refractivity contribution in [1.82, 2.24) is 4.31 Å². The SMILES string of the molecule is CN(C1CCCCC1)S(=O)(=O)c1csc(CO)c1. The normalized spacial score (nSPS) is 18.4. The third kappa shape index (κ3) is 2.77. The molecule has 1 aliphatic rings. The summed E-state index contributed by atoms with van der Waals surface area (Å²) in [4.78, 5) is 0.996. The Kier molecular flexibility index (Phi) is 4.42. The lowest BCUT2D eigenvalue weighted by Gasteiger charge is -2.30. The Morgan fingerprint density at radius 3 is 2.61 bits per heavy atom. The highest BCUT2D eigenvalue weighted by Crippen LogP contribution is 2.28. The number of hydrogen-bond donors (Lipinski definition) is 1. The second-order valence-corrected chi connectivity index (χ2v) is 7.71. The zero-order chi connectivity index (χ0) is 13.2. The second kappa shape index (κ2) is 5.69. The van der Waals surface area contributed by atoms with Gasteiger partial charge in [0.15, 0.2) is 0 Å². The Morgan fingerprint density at radius 1 is 1.39 bits per heavy atom. The van der Waals surface area contributed by atoms with E-state index in [4.69, 9.17) is 5.11 Å². The summed E-state index contributed by atoms with van der Waals surface area (Å²) in [6.45, 7) is -0.104. The van der Waals surface area contributed by atoms with Crippen LogP contribution < -0.4 is 0 Å². The van der Waals surface area contributed by atoms with Crippen LogP contribution in [0.4, 0.5) is 0 Å². The van der Waals surface area contributed by atoms with Crippen molar-refractivity contribution in [3.63, 3.8) is 0 Å². The Labute approximate surface area is 112 Å². The van der Waals surface area contributed by atoms with E-state index in [-0.39, 0.29) is 12.6 Å². The van der Waals surface area contributed by atoms with Gasteiger partial charge in [0.1, 0.15) is 0 Å². The number of thiophene rings is 1. The quantitative estimate of drug-likeness (QED) is 0.924. The summed E-state index contributed by atoms with van der Waals surface area (Å²) < 4.78 is 26.3. The van der Waals surface area contributed by atoms with Gasteiger partial charge in [-0.05, 0) is 18.9 Å². The molecule has 1 saturated carbocycles. The first kappa shape index (κ1) is 14.0. The molecule has 0 amide bonds. The first-order chi connectivity index (χ1) is 8.55. The van der Waals surface area contributed by atoms with Crippen LogP contribution in [0.15, 0.2) is 16.3 Å². The highest BCUT2D eigenvalue weighted by Gasteiger charge is 2.29. The van der Waals surface area contributed by atoms with Crippen LogP contribution in [0.25, 0.3) is 0 Å². The Hall–Kier alpha value is -0.430. The minimum atomic E-state index is -3.40. The monoisotopic (exact) mass is 289 g/mol. The first-order valence-electron chi connectivity index (χ1n) is 6.22. The second-order valence-electron chi connectivity index (χ2n) is 4.72. The fraction of sp³-hybridized carbons (Fsp3) is 0.667. The molecule has 0 aromatic carbocycles. The van der Waals surface area contributed by atoms with Crippen molar-refractivity contribution in [1.29, 1.82) is 0 Å². The summed E-state index contributed by atoms with van der Waals surface area (Å²) in [6, 6.07) is 1.69. The maximum atomic E-state index is 12.4. The molecule has 0 bridgehead atoms. The summed E-state index contributed by atoms with van der Waals surface area (Å²) >= 11 is 1.28. The first-order valence-corrected chi connectivity index (χ1v) is 8.54. The molecule has 1 aromatic heterocycles. The Morgan fingerprint density at radius 2 is 2.06 bits per heavy atom. The van der Waals surface area contributed by atoms with Crippen molar-refractivity contribution < 1.29 is 13.5 Å². The van der Waals surface area contributed by atoms with Gasteiger partial charge in [-0.25, -0.2) is 8.42 Å². The lowest BCUT2D eigenvalue weighted by Crippen LogP contribution is -2.38. The van der Waals surface area contributed by atoms with Gasteiger partial charge < -0.3 is 5.11 Å². The van der Waals surface area contributed by atoms with Crippen LogP contribution in [0.3, 0.4) is 0 Å². The number of rotatable bonds is 4. The molecule has 2 rings (SSSR count). The van der Waals surface area contributed by atoms with E-state index in [1.54, 1.807) is 18.5 Å². The van der Waals surface area contributed by atoms with E-state index < -0.39 is 10.0 Å². The van der Waals surface area contributed by atoms with Crippen molar-refractivity contribution in [3.8, 4) is 0 Å². The molecule has 1 fully saturated rings. The minimum Gasteiger partial charge on any atom is -0.391 e. The molecular weight excluding hydrogens is 270 g/mol. The zero-order valence-corrected chi connectivity index (χ0v) is 12.1. The van der Waals surface area contributed by atoms with Crippen LogP contribution in [-0.4, -0.2) is 30.9 Å². The van der Waals surface area contributed by atoms with Gasteiger partial charge in [-0.2, -0.15) is 4.31 Å². The molecule has 0 radical (unpaired) electrons. The van der Waals surface area contributed by atoms with Crippen molar-refractivity contribution in [2.24, 2.45) is 0 Å². The van der Waals surface area contributed by atoms with Crippen LogP contribution in [0.1, 0.15) is 37.0 Å². The van der Waals surface area contributed by atoms with Crippen LogP contribution in [0.5, 0.6) is 0 Å². The molecule has 1 aromatic rings. The Balaban J connectivity index is 2.18. The minimum absolute atomic E-state index is 0.104. The molecule has 102 valence electrons. The average molecular weight is 289 g/mol. The van der Waals surface area contributed by atoms with Gasteiger partial charge in [0.25, 0.3) is 0 Å². The van der Waals surface area contributed by atoms with Crippen LogP contribution in [-0.2, 0) is 16.6 Å². The van der Waals surface area contributed by atoms with Gasteiger partial charge in [0.05, 0.1) is 11.5 Å². The fourth-order valence-electron chi connectivity index (χ4n) is 2.39. The van der Waals surface area contributed by atoms with E-state index in [1.807, 2.05) is 0 Å². The lowest BCUT2D eigenvalue weighted by molar-refractivity contribution is 0.284. The zero-order valence-electron chi connectivity index (χ0n) is 10.5. The number of nitrogens with zero attached hydrogens (tertiary/aromatic N) is 1. The number of aliphatic hydroxyl groups is 1. The third-order valence-electron chi connectivity index (χ3n) is 3.55. The molecule has 0 unspecified atom stereocenters. The van der Waals surface area contributed by atoms with Crippen molar-refractivity contribution >= 4 is 21.4 Å². The maximum absolute atomic E-state index is 12.4. The molecule has 1 aliphatic carbocycles. The Bertz CT molecular complexity index is 489. The average Bonchev–Trinajstić information content (AvgIpc) is 2.88. The summed E-state index contributed by atoms with van der Waals surface area (Å²) in [7, 11) is -1.73. The van der Waals surface area contributed by atoms with E-state index in [9.17, 15) is 8.42 Å². The molecule has 0 spiro atoms. The predicted molar refractivity (Wildman–Crippen MR) is 72.1 cm³/mol. The van der Waals surface area contributed by atoms with Crippen molar-refractivity contribution in [2.45, 2.75) is 49.6 Å². The summed E-state index contributed by atoms with van der Waals surface area (Å²) in [6.07, 6.45) is 5.32. The van der Waals surface area contributed by atoms with E-state index in [1.165, 1.54) is 22.1 Å². The smallest absolute Gasteiger partial charge is 0.243 e. The van der Waals surface area contributed by atoms with Gasteiger partial charge in [-0.3, -0.25) is 0 Å². The van der Waals surface area contributed by atoms with E-state index in [0.29, 0.717) is 9.77 Å². The largest absolute Gasteiger partial charge is 0.391 e. The molecule has 1 heterocycles. The van der Waals surface area contributed by atoms with E-state index >= 15 is 0 Å². The number of aliphatic hydroxyl groups excluding tert-OH is 1. The van der Waals surface area contributed by atoms with Crippen molar-refractivity contribution in [2.75, 3.05) is 7.05 Å². The molecule has 18 heavy (non-hydrogen) atoms. The number of hydrogen-bond acceptors (Lipinski definition) is 4. The summed E-state index contributed by atoms with van der Waals surface area (Å²) in [5, 5.41) is 10.6. The highest BCUT2D eigenvalue weighted by molar-refractivity contribution is 7.89. The van der Waals surface area contributed by atoms with Crippen LogP contribution >= 0.6 is 11.3 Å². The van der Waals surface area contributed by atoms with Gasteiger partial charge in [-0.1, -0.05) is 19.3 Å². The van der Waals surface area contributed by atoms with Gasteiger partial charge >= 0.3 is 0 Å². The number of sulfonamides is 1. The lowest BCUT2D eigenvalue weighted by atomic mass is 9.96. The molecule has 1 N–H and O–H groups in total. The molecule has 0 saturated heterocycles. The molecule has 0 aliphatic heterocycles. The van der Waals surface area contributed by atoms with Crippen LogP contribution in [0, 0.1) is 0 Å². The van der Waals surface area contributed by atoms with Gasteiger partial charge in [0.2, 0.25) is 10.0 Å². The van der Waals surface area contributed by atoms with E-state index in [2.05, 4.69) is 0 Å². The van der Waals surface area contributed by atoms with Gasteiger partial charge in [0, 0.05) is 23.3 Å². The third-order valence-corrected chi connectivity index (χ3v) is 6.51. The van der Waals surface area contributed by atoms with Crippen molar-refractivity contribution in [3.05, 3.63) is 16.3 Å². The van der Waals surface area contributed by atoms with Gasteiger partial charge in [-0.15, -0.1) is 11.3 Å². The van der Waals surface area contributed by atoms with Crippen LogP contribution in [0.2, 0.25) is 0 Å².